The van der Waals surface area contributed by atoms with Crippen LogP contribution in [0.1, 0.15) is 26.2 Å². The predicted octanol–water partition coefficient (Wildman–Crippen LogP) is -0.230. The number of hydrogen-bond donors (Lipinski definition) is 3. The maximum Gasteiger partial charge on any atom is 0.325 e. The smallest absolute Gasteiger partial charge is 0.325 e. The van der Waals surface area contributed by atoms with Gasteiger partial charge in [-0.15, -0.1) is 0 Å². The lowest BCUT2D eigenvalue weighted by molar-refractivity contribution is -0.138. The molecule has 1 aliphatic rings. The molecule has 0 bridgehead atoms. The molecular formula is C11H19N3O4. The van der Waals surface area contributed by atoms with Crippen molar-refractivity contribution in [3.05, 3.63) is 0 Å². The lowest BCUT2D eigenvalue weighted by Crippen LogP contribution is -2.56. The molecule has 0 aromatic rings. The standard InChI is InChI=1S/C11H19N3O4/c1-7(10(16)17)13-11(18)14-6-4-3-5-8(14)9(15)12-2/h7-8H,3-6H2,1-2H3,(H,12,15)(H,13,18)(H,16,17). The van der Waals surface area contributed by atoms with Crippen molar-refractivity contribution in [1.82, 2.24) is 15.5 Å². The number of urea groups is 1. The summed E-state index contributed by atoms with van der Waals surface area (Å²) < 4.78 is 0. The third-order valence-corrected chi connectivity index (χ3v) is 3.02. The van der Waals surface area contributed by atoms with E-state index < -0.39 is 24.1 Å². The Bertz CT molecular complexity index is 345. The number of aliphatic carboxylic acids is 1. The van der Waals surface area contributed by atoms with Crippen LogP contribution >= 0.6 is 0 Å². The van der Waals surface area contributed by atoms with Crippen LogP contribution in [0.5, 0.6) is 0 Å². The van der Waals surface area contributed by atoms with Crippen molar-refractivity contribution in [3.63, 3.8) is 0 Å². The predicted molar refractivity (Wildman–Crippen MR) is 64.0 cm³/mol. The fourth-order valence-electron chi connectivity index (χ4n) is 1.94. The molecule has 0 aromatic carbocycles. The van der Waals surface area contributed by atoms with Crippen molar-refractivity contribution in [1.29, 1.82) is 0 Å². The Morgan fingerprint density at radius 1 is 1.33 bits per heavy atom. The van der Waals surface area contributed by atoms with Gasteiger partial charge >= 0.3 is 12.0 Å². The Hall–Kier alpha value is -1.79. The minimum Gasteiger partial charge on any atom is -0.480 e. The number of carbonyl (C=O) groups excluding carboxylic acids is 2. The number of amides is 3. The maximum absolute atomic E-state index is 11.9. The van der Waals surface area contributed by atoms with Gasteiger partial charge in [-0.1, -0.05) is 0 Å². The first-order chi connectivity index (χ1) is 8.47. The number of hydrogen-bond acceptors (Lipinski definition) is 3. The van der Waals surface area contributed by atoms with Gasteiger partial charge in [0.1, 0.15) is 12.1 Å². The van der Waals surface area contributed by atoms with E-state index in [1.807, 2.05) is 0 Å². The van der Waals surface area contributed by atoms with Crippen LogP contribution in [0.3, 0.4) is 0 Å². The normalized spacial score (nSPS) is 21.0. The number of carbonyl (C=O) groups is 3. The Balaban J connectivity index is 2.68. The van der Waals surface area contributed by atoms with E-state index in [0.717, 1.165) is 12.8 Å². The summed E-state index contributed by atoms with van der Waals surface area (Å²) in [7, 11) is 1.52. The fraction of sp³-hybridized carbons (Fsp3) is 0.727. The number of nitrogens with one attached hydrogen (secondary N) is 2. The third kappa shape index (κ3) is 3.35. The molecule has 2 atom stereocenters. The van der Waals surface area contributed by atoms with Gasteiger partial charge in [0.05, 0.1) is 0 Å². The van der Waals surface area contributed by atoms with Gasteiger partial charge in [-0.3, -0.25) is 9.59 Å². The highest BCUT2D eigenvalue weighted by atomic mass is 16.4. The van der Waals surface area contributed by atoms with Crippen molar-refractivity contribution < 1.29 is 19.5 Å². The monoisotopic (exact) mass is 257 g/mol. The van der Waals surface area contributed by atoms with E-state index in [4.69, 9.17) is 5.11 Å². The quantitative estimate of drug-likeness (QED) is 0.650. The maximum atomic E-state index is 11.9. The summed E-state index contributed by atoms with van der Waals surface area (Å²) in [4.78, 5) is 35.6. The fourth-order valence-corrected chi connectivity index (χ4v) is 1.94. The minimum atomic E-state index is -1.10. The second-order valence-corrected chi connectivity index (χ2v) is 4.33. The van der Waals surface area contributed by atoms with Crippen molar-refractivity contribution in [3.8, 4) is 0 Å². The Kier molecular flexibility index (Phi) is 4.94. The van der Waals surface area contributed by atoms with Crippen molar-refractivity contribution in [2.75, 3.05) is 13.6 Å². The van der Waals surface area contributed by atoms with E-state index in [9.17, 15) is 14.4 Å². The highest BCUT2D eigenvalue weighted by Crippen LogP contribution is 2.17. The van der Waals surface area contributed by atoms with E-state index in [2.05, 4.69) is 10.6 Å². The molecule has 18 heavy (non-hydrogen) atoms. The van der Waals surface area contributed by atoms with Gasteiger partial charge in [0.2, 0.25) is 5.91 Å². The Morgan fingerprint density at radius 3 is 2.56 bits per heavy atom. The van der Waals surface area contributed by atoms with Crippen LogP contribution in [0.4, 0.5) is 4.79 Å². The van der Waals surface area contributed by atoms with Crippen molar-refractivity contribution in [2.45, 2.75) is 38.3 Å². The number of carboxylic acid groups (broad SMARTS) is 1. The number of rotatable bonds is 3. The molecule has 3 amide bonds. The minimum absolute atomic E-state index is 0.215. The molecule has 0 aromatic heterocycles. The van der Waals surface area contributed by atoms with Gasteiger partial charge in [0.25, 0.3) is 0 Å². The van der Waals surface area contributed by atoms with Crippen LogP contribution in [0.15, 0.2) is 0 Å². The van der Waals surface area contributed by atoms with Gasteiger partial charge in [-0.2, -0.15) is 0 Å². The van der Waals surface area contributed by atoms with Crippen LogP contribution in [-0.2, 0) is 9.59 Å². The van der Waals surface area contributed by atoms with Crippen LogP contribution < -0.4 is 10.6 Å². The highest BCUT2D eigenvalue weighted by molar-refractivity contribution is 5.88. The van der Waals surface area contributed by atoms with Crippen LogP contribution in [0.2, 0.25) is 0 Å². The molecule has 3 N–H and O–H groups in total. The average Bonchev–Trinajstić information content (AvgIpc) is 2.37. The molecule has 0 saturated carbocycles. The van der Waals surface area contributed by atoms with Gasteiger partial charge < -0.3 is 20.6 Å². The molecule has 1 heterocycles. The first-order valence-electron chi connectivity index (χ1n) is 5.99. The van der Waals surface area contributed by atoms with Gasteiger partial charge in [-0.05, 0) is 26.2 Å². The number of nitrogens with zero attached hydrogens (tertiary/aromatic N) is 1. The summed E-state index contributed by atoms with van der Waals surface area (Å²) in [5.74, 6) is -1.32. The molecule has 102 valence electrons. The Labute approximate surface area is 106 Å². The topological polar surface area (TPSA) is 98.7 Å². The van der Waals surface area contributed by atoms with Crippen molar-refractivity contribution >= 4 is 17.9 Å². The van der Waals surface area contributed by atoms with Crippen molar-refractivity contribution in [2.24, 2.45) is 0 Å². The summed E-state index contributed by atoms with van der Waals surface area (Å²) in [6.07, 6.45) is 2.31. The first kappa shape index (κ1) is 14.3. The zero-order valence-corrected chi connectivity index (χ0v) is 10.6. The Morgan fingerprint density at radius 2 is 2.00 bits per heavy atom. The van der Waals surface area contributed by atoms with E-state index >= 15 is 0 Å². The number of likely N-dealkylation sites (tertiary alicyclic amines) is 1. The summed E-state index contributed by atoms with van der Waals surface area (Å²) in [5.41, 5.74) is 0. The summed E-state index contributed by atoms with van der Waals surface area (Å²) >= 11 is 0. The molecule has 0 radical (unpaired) electrons. The number of piperidine rings is 1. The largest absolute Gasteiger partial charge is 0.480 e. The second-order valence-electron chi connectivity index (χ2n) is 4.33. The molecule has 2 unspecified atom stereocenters. The van der Waals surface area contributed by atoms with E-state index in [0.29, 0.717) is 13.0 Å². The number of carboxylic acids is 1. The van der Waals surface area contributed by atoms with E-state index in [1.54, 1.807) is 0 Å². The lowest BCUT2D eigenvalue weighted by Gasteiger charge is -2.34. The molecule has 7 nitrogen and oxygen atoms in total. The molecule has 1 aliphatic heterocycles. The average molecular weight is 257 g/mol. The molecule has 0 spiro atoms. The van der Waals surface area contributed by atoms with Crippen LogP contribution in [0.25, 0.3) is 0 Å². The van der Waals surface area contributed by atoms with Gasteiger partial charge in [0.15, 0.2) is 0 Å². The second kappa shape index (κ2) is 6.23. The lowest BCUT2D eigenvalue weighted by atomic mass is 10.0. The summed E-state index contributed by atoms with van der Waals surface area (Å²) in [6.45, 7) is 1.86. The zero-order valence-electron chi connectivity index (χ0n) is 10.6. The van der Waals surface area contributed by atoms with E-state index in [-0.39, 0.29) is 5.91 Å². The van der Waals surface area contributed by atoms with E-state index in [1.165, 1.54) is 18.9 Å². The molecular weight excluding hydrogens is 238 g/mol. The molecule has 1 fully saturated rings. The molecule has 1 saturated heterocycles. The molecule has 7 heteroatoms. The van der Waals surface area contributed by atoms with Crippen LogP contribution in [-0.4, -0.2) is 53.6 Å². The zero-order chi connectivity index (χ0) is 13.7. The third-order valence-electron chi connectivity index (χ3n) is 3.02. The first-order valence-corrected chi connectivity index (χ1v) is 5.99. The molecule has 0 aliphatic carbocycles. The van der Waals surface area contributed by atoms with Crippen LogP contribution in [0, 0.1) is 0 Å². The summed E-state index contributed by atoms with van der Waals surface area (Å²) in [5, 5.41) is 13.6. The summed E-state index contributed by atoms with van der Waals surface area (Å²) in [6, 6.07) is -1.98. The SMILES string of the molecule is CNC(=O)C1CCCCN1C(=O)NC(C)C(=O)O. The number of likely N-dealkylation sites (N-methyl/N-ethyl adjacent to an activating group) is 1. The van der Waals surface area contributed by atoms with Gasteiger partial charge in [0, 0.05) is 13.6 Å². The molecule has 1 rings (SSSR count). The highest BCUT2D eigenvalue weighted by Gasteiger charge is 2.32. The van der Waals surface area contributed by atoms with Gasteiger partial charge in [-0.25, -0.2) is 4.79 Å².